The quantitative estimate of drug-likeness (QED) is 0.625. The number of carboxylic acid groups (broad SMARTS) is 1. The van der Waals surface area contributed by atoms with Gasteiger partial charge in [-0.25, -0.2) is 4.79 Å². The van der Waals surface area contributed by atoms with Crippen LogP contribution in [0.25, 0.3) is 0 Å². The van der Waals surface area contributed by atoms with E-state index in [9.17, 15) is 9.59 Å². The van der Waals surface area contributed by atoms with Gasteiger partial charge in [-0.3, -0.25) is 4.79 Å². The molecule has 4 N–H and O–H groups in total. The van der Waals surface area contributed by atoms with Gasteiger partial charge in [0, 0.05) is 0 Å². The number of carbonyl (C=O) groups is 2. The van der Waals surface area contributed by atoms with E-state index in [4.69, 9.17) is 10.2 Å². The van der Waals surface area contributed by atoms with Crippen LogP contribution in [0.1, 0.15) is 10.4 Å². The van der Waals surface area contributed by atoms with Crippen LogP contribution < -0.4 is 5.73 Å². The van der Waals surface area contributed by atoms with Gasteiger partial charge in [-0.15, -0.1) is 0 Å². The molecular weight excluding hydrogens is 198 g/mol. The number of nitrogens with two attached hydrogens (primary N) is 1. The first-order valence-corrected chi connectivity index (χ1v) is 3.91. The van der Waals surface area contributed by atoms with Crippen LogP contribution in [0, 0.1) is 0 Å². The molecule has 0 unspecified atom stereocenters. The summed E-state index contributed by atoms with van der Waals surface area (Å²) in [7, 11) is 0. The number of primary amides is 1. The predicted octanol–water partition coefficient (Wildman–Crippen LogP) is 0.748. The predicted molar refractivity (Wildman–Crippen MR) is 54.5 cm³/mol. The highest BCUT2D eigenvalue weighted by molar-refractivity contribution is 5.87. The summed E-state index contributed by atoms with van der Waals surface area (Å²) in [4.78, 5) is 19.7. The number of benzene rings is 1. The van der Waals surface area contributed by atoms with Gasteiger partial charge in [0.25, 0.3) is 0 Å². The summed E-state index contributed by atoms with van der Waals surface area (Å²) in [5.74, 6) is -1.39. The summed E-state index contributed by atoms with van der Waals surface area (Å²) in [6.45, 7) is 3.09. The minimum atomic E-state index is -0.986. The fraction of sp³-hybridized carbons (Fsp3) is 0. The zero-order valence-electron chi connectivity index (χ0n) is 7.88. The third kappa shape index (κ3) is 5.87. The molecule has 80 valence electrons. The third-order valence-corrected chi connectivity index (χ3v) is 1.32. The van der Waals surface area contributed by atoms with Crippen molar-refractivity contribution in [3.8, 4) is 5.75 Å². The highest BCUT2D eigenvalue weighted by Crippen LogP contribution is 2.08. The largest absolute Gasteiger partial charge is 0.508 e. The van der Waals surface area contributed by atoms with E-state index < -0.39 is 11.9 Å². The molecule has 0 saturated heterocycles. The minimum Gasteiger partial charge on any atom is -0.508 e. The molecule has 0 aliphatic carbocycles. The van der Waals surface area contributed by atoms with Crippen molar-refractivity contribution in [2.24, 2.45) is 5.73 Å². The maximum absolute atomic E-state index is 10.2. The van der Waals surface area contributed by atoms with Gasteiger partial charge in [0.15, 0.2) is 0 Å². The fourth-order valence-electron chi connectivity index (χ4n) is 0.604. The van der Waals surface area contributed by atoms with Crippen LogP contribution in [-0.2, 0) is 4.79 Å². The number of amides is 1. The minimum absolute atomic E-state index is 0.0741. The topological polar surface area (TPSA) is 101 Å². The molecule has 1 aromatic carbocycles. The molecule has 5 nitrogen and oxygen atoms in total. The Labute approximate surface area is 86.5 Å². The lowest BCUT2D eigenvalue weighted by Gasteiger charge is -1.92. The van der Waals surface area contributed by atoms with Crippen LogP contribution in [0.15, 0.2) is 36.9 Å². The standard InChI is InChI=1S/C7H6O3.C3H5NO/c8-6-3-1-5(2-4-6)7(9)10;1-2-3(4)5/h1-4,8H,(H,9,10);2H,1H2,(H2,4,5). The van der Waals surface area contributed by atoms with Crippen molar-refractivity contribution < 1.29 is 19.8 Å². The molecule has 0 radical (unpaired) electrons. The van der Waals surface area contributed by atoms with Crippen molar-refractivity contribution in [3.63, 3.8) is 0 Å². The van der Waals surface area contributed by atoms with Crippen molar-refractivity contribution in [1.29, 1.82) is 0 Å². The molecule has 0 aromatic heterocycles. The number of aromatic carboxylic acids is 1. The van der Waals surface area contributed by atoms with Gasteiger partial charge in [0.1, 0.15) is 5.75 Å². The lowest BCUT2D eigenvalue weighted by Crippen LogP contribution is -2.04. The van der Waals surface area contributed by atoms with E-state index in [1.165, 1.54) is 24.3 Å². The van der Waals surface area contributed by atoms with Gasteiger partial charge in [-0.2, -0.15) is 0 Å². The van der Waals surface area contributed by atoms with E-state index in [1.807, 2.05) is 0 Å². The Morgan fingerprint density at radius 2 is 1.67 bits per heavy atom. The van der Waals surface area contributed by atoms with E-state index in [-0.39, 0.29) is 11.3 Å². The van der Waals surface area contributed by atoms with Crippen LogP contribution in [-0.4, -0.2) is 22.1 Å². The maximum Gasteiger partial charge on any atom is 0.335 e. The van der Waals surface area contributed by atoms with Crippen LogP contribution in [0.2, 0.25) is 0 Å². The Bertz CT molecular complexity index is 356. The summed E-state index contributed by atoms with van der Waals surface area (Å²) in [5.41, 5.74) is 4.71. The molecule has 15 heavy (non-hydrogen) atoms. The van der Waals surface area contributed by atoms with Crippen molar-refractivity contribution in [1.82, 2.24) is 0 Å². The molecule has 0 spiro atoms. The van der Waals surface area contributed by atoms with Crippen LogP contribution in [0.4, 0.5) is 0 Å². The number of rotatable bonds is 2. The zero-order valence-corrected chi connectivity index (χ0v) is 7.88. The zero-order chi connectivity index (χ0) is 11.8. The van der Waals surface area contributed by atoms with Crippen LogP contribution in [0.3, 0.4) is 0 Å². The molecule has 1 amide bonds. The molecular formula is C10H11NO4. The van der Waals surface area contributed by atoms with Crippen LogP contribution in [0.5, 0.6) is 5.75 Å². The van der Waals surface area contributed by atoms with Gasteiger partial charge in [-0.05, 0) is 30.3 Å². The molecule has 0 aliphatic rings. The molecule has 0 aliphatic heterocycles. The average Bonchev–Trinajstić information content (AvgIpc) is 2.19. The maximum atomic E-state index is 10.2. The summed E-state index contributed by atoms with van der Waals surface area (Å²) in [6, 6.07) is 5.36. The van der Waals surface area contributed by atoms with Gasteiger partial charge in [-0.1, -0.05) is 6.58 Å². The molecule has 1 rings (SSSR count). The van der Waals surface area contributed by atoms with Crippen LogP contribution >= 0.6 is 0 Å². The summed E-state index contributed by atoms with van der Waals surface area (Å²) >= 11 is 0. The highest BCUT2D eigenvalue weighted by atomic mass is 16.4. The first kappa shape index (κ1) is 12.7. The van der Waals surface area contributed by atoms with E-state index in [0.29, 0.717) is 0 Å². The average molecular weight is 209 g/mol. The number of hydrogen-bond acceptors (Lipinski definition) is 3. The highest BCUT2D eigenvalue weighted by Gasteiger charge is 1.99. The number of carbonyl (C=O) groups excluding carboxylic acids is 1. The second kappa shape index (κ2) is 6.20. The molecule has 5 heteroatoms. The Morgan fingerprint density at radius 1 is 1.27 bits per heavy atom. The lowest BCUT2D eigenvalue weighted by molar-refractivity contribution is -0.113. The summed E-state index contributed by atoms with van der Waals surface area (Å²) in [6.07, 6.45) is 1.06. The molecule has 0 saturated carbocycles. The summed E-state index contributed by atoms with van der Waals surface area (Å²) in [5, 5.41) is 17.1. The first-order chi connectivity index (χ1) is 6.97. The Kier molecular flexibility index (Phi) is 5.25. The van der Waals surface area contributed by atoms with E-state index in [1.54, 1.807) is 0 Å². The molecule has 1 aromatic rings. The summed E-state index contributed by atoms with van der Waals surface area (Å²) < 4.78 is 0. The van der Waals surface area contributed by atoms with Crippen molar-refractivity contribution in [3.05, 3.63) is 42.5 Å². The van der Waals surface area contributed by atoms with Gasteiger partial charge in [0.2, 0.25) is 5.91 Å². The number of hydrogen-bond donors (Lipinski definition) is 3. The molecule has 0 atom stereocenters. The van der Waals surface area contributed by atoms with Gasteiger partial charge < -0.3 is 15.9 Å². The molecule has 0 bridgehead atoms. The number of phenols is 1. The van der Waals surface area contributed by atoms with E-state index in [0.717, 1.165) is 6.08 Å². The Hall–Kier alpha value is -2.30. The van der Waals surface area contributed by atoms with Gasteiger partial charge >= 0.3 is 5.97 Å². The molecule has 0 fully saturated rings. The SMILES string of the molecule is C=CC(N)=O.O=C(O)c1ccc(O)cc1. The van der Waals surface area contributed by atoms with E-state index in [2.05, 4.69) is 12.3 Å². The lowest BCUT2D eigenvalue weighted by atomic mass is 10.2. The first-order valence-electron chi connectivity index (χ1n) is 3.91. The van der Waals surface area contributed by atoms with Crippen molar-refractivity contribution >= 4 is 11.9 Å². The van der Waals surface area contributed by atoms with Crippen molar-refractivity contribution in [2.75, 3.05) is 0 Å². The smallest absolute Gasteiger partial charge is 0.335 e. The molecule has 0 heterocycles. The monoisotopic (exact) mass is 209 g/mol. The fourth-order valence-corrected chi connectivity index (χ4v) is 0.604. The number of phenolic OH excluding ortho intramolecular Hbond substituents is 1. The third-order valence-electron chi connectivity index (χ3n) is 1.32. The Balaban J connectivity index is 0.000000336. The second-order valence-corrected chi connectivity index (χ2v) is 2.46. The van der Waals surface area contributed by atoms with Crippen molar-refractivity contribution in [2.45, 2.75) is 0 Å². The van der Waals surface area contributed by atoms with Gasteiger partial charge in [0.05, 0.1) is 5.56 Å². The second-order valence-electron chi connectivity index (χ2n) is 2.46. The number of carboxylic acids is 1. The van der Waals surface area contributed by atoms with E-state index >= 15 is 0 Å². The number of aromatic hydroxyl groups is 1. The normalized spacial score (nSPS) is 8.27. The Morgan fingerprint density at radius 3 is 1.93 bits per heavy atom.